The zero-order valence-corrected chi connectivity index (χ0v) is 15.2. The van der Waals surface area contributed by atoms with Gasteiger partial charge in [0.15, 0.2) is 5.11 Å². The molecule has 25 heavy (non-hydrogen) atoms. The number of nitrogens with zero attached hydrogens (tertiary/aromatic N) is 2. The molecular weight excluding hydrogens is 335 g/mol. The van der Waals surface area contributed by atoms with E-state index in [0.717, 1.165) is 31.9 Å². The van der Waals surface area contributed by atoms with Crippen molar-refractivity contribution >= 4 is 28.7 Å². The molecule has 0 amide bonds. The highest BCUT2D eigenvalue weighted by Crippen LogP contribution is 2.17. The summed E-state index contributed by atoms with van der Waals surface area (Å²) in [4.78, 5) is 4.77. The van der Waals surface area contributed by atoms with Crippen LogP contribution < -0.4 is 15.5 Å². The van der Waals surface area contributed by atoms with Gasteiger partial charge in [-0.15, -0.1) is 0 Å². The number of anilines is 2. The van der Waals surface area contributed by atoms with E-state index in [-0.39, 0.29) is 5.82 Å². The first-order valence-electron chi connectivity index (χ1n) is 8.43. The van der Waals surface area contributed by atoms with Crippen molar-refractivity contribution in [3.8, 4) is 0 Å². The lowest BCUT2D eigenvalue weighted by molar-refractivity contribution is 0.313. The van der Waals surface area contributed by atoms with Crippen molar-refractivity contribution in [1.82, 2.24) is 10.2 Å². The Kier molecular flexibility index (Phi) is 5.83. The predicted octanol–water partition coefficient (Wildman–Crippen LogP) is 3.06. The lowest BCUT2D eigenvalue weighted by atomic mass is 10.2. The number of halogens is 1. The normalized spacial score (nSPS) is 15.0. The molecule has 132 valence electrons. The molecule has 1 aliphatic rings. The number of hydrogen-bond acceptors (Lipinski definition) is 3. The Morgan fingerprint density at radius 2 is 1.64 bits per heavy atom. The van der Waals surface area contributed by atoms with Gasteiger partial charge in [0.1, 0.15) is 5.82 Å². The van der Waals surface area contributed by atoms with Crippen molar-refractivity contribution in [2.24, 2.45) is 0 Å². The van der Waals surface area contributed by atoms with E-state index in [1.54, 1.807) is 12.1 Å². The van der Waals surface area contributed by atoms with Crippen LogP contribution in [0.3, 0.4) is 0 Å². The summed E-state index contributed by atoms with van der Waals surface area (Å²) < 4.78 is 12.9. The van der Waals surface area contributed by atoms with Gasteiger partial charge in [-0.25, -0.2) is 4.39 Å². The van der Waals surface area contributed by atoms with Gasteiger partial charge in [0.25, 0.3) is 0 Å². The van der Waals surface area contributed by atoms with Crippen LogP contribution in [0.2, 0.25) is 0 Å². The molecule has 6 heteroatoms. The van der Waals surface area contributed by atoms with Gasteiger partial charge in [-0.05, 0) is 61.2 Å². The van der Waals surface area contributed by atoms with E-state index in [0.29, 0.717) is 11.7 Å². The van der Waals surface area contributed by atoms with E-state index in [4.69, 9.17) is 12.2 Å². The van der Waals surface area contributed by atoms with Gasteiger partial charge >= 0.3 is 0 Å². The molecule has 1 fully saturated rings. The summed E-state index contributed by atoms with van der Waals surface area (Å²) in [5, 5.41) is 6.74. The highest BCUT2D eigenvalue weighted by molar-refractivity contribution is 7.80. The van der Waals surface area contributed by atoms with E-state index < -0.39 is 0 Å². The van der Waals surface area contributed by atoms with Gasteiger partial charge < -0.3 is 20.4 Å². The second kappa shape index (κ2) is 8.27. The van der Waals surface area contributed by atoms with Crippen LogP contribution in [0.5, 0.6) is 0 Å². The number of benzene rings is 2. The molecule has 0 bridgehead atoms. The highest BCUT2D eigenvalue weighted by atomic mass is 32.1. The van der Waals surface area contributed by atoms with Gasteiger partial charge in [-0.2, -0.15) is 0 Å². The fourth-order valence-electron chi connectivity index (χ4n) is 2.78. The molecule has 1 heterocycles. The zero-order valence-electron chi connectivity index (χ0n) is 14.3. The predicted molar refractivity (Wildman–Crippen MR) is 106 cm³/mol. The minimum atomic E-state index is -0.259. The van der Waals surface area contributed by atoms with Crippen LogP contribution in [0.25, 0.3) is 0 Å². The zero-order chi connectivity index (χ0) is 17.6. The van der Waals surface area contributed by atoms with Crippen molar-refractivity contribution in [2.75, 3.05) is 43.4 Å². The van der Waals surface area contributed by atoms with E-state index in [9.17, 15) is 4.39 Å². The number of likely N-dealkylation sites (N-methyl/N-ethyl adjacent to an activating group) is 1. The van der Waals surface area contributed by atoms with Gasteiger partial charge in [0, 0.05) is 44.1 Å². The Hall–Kier alpha value is -2.18. The second-order valence-corrected chi connectivity index (χ2v) is 6.68. The van der Waals surface area contributed by atoms with Crippen LogP contribution in [-0.4, -0.2) is 43.2 Å². The Morgan fingerprint density at radius 3 is 2.28 bits per heavy atom. The third-order valence-electron chi connectivity index (χ3n) is 4.36. The summed E-state index contributed by atoms with van der Waals surface area (Å²) >= 11 is 5.28. The minimum absolute atomic E-state index is 0.259. The van der Waals surface area contributed by atoms with E-state index in [1.807, 2.05) is 0 Å². The first kappa shape index (κ1) is 17.6. The number of nitrogens with one attached hydrogen (secondary N) is 2. The molecule has 0 radical (unpaired) electrons. The van der Waals surface area contributed by atoms with E-state index in [1.165, 1.54) is 23.4 Å². The molecule has 2 N–H and O–H groups in total. The Labute approximate surface area is 153 Å². The third kappa shape index (κ3) is 5.14. The van der Waals surface area contributed by atoms with Gasteiger partial charge in [-0.1, -0.05) is 12.1 Å². The average molecular weight is 358 g/mol. The average Bonchev–Trinajstić information content (AvgIpc) is 2.63. The summed E-state index contributed by atoms with van der Waals surface area (Å²) in [6.45, 7) is 4.99. The maximum Gasteiger partial charge on any atom is 0.171 e. The molecule has 0 atom stereocenters. The lowest BCUT2D eigenvalue weighted by Gasteiger charge is -2.34. The van der Waals surface area contributed by atoms with E-state index in [2.05, 4.69) is 51.7 Å². The molecule has 0 aromatic heterocycles. The van der Waals surface area contributed by atoms with Crippen LogP contribution in [-0.2, 0) is 6.54 Å². The molecule has 4 nitrogen and oxygen atoms in total. The monoisotopic (exact) mass is 358 g/mol. The smallest absolute Gasteiger partial charge is 0.171 e. The molecule has 1 saturated heterocycles. The lowest BCUT2D eigenvalue weighted by Crippen LogP contribution is -2.44. The molecule has 1 aliphatic heterocycles. The molecule has 0 saturated carbocycles. The molecule has 2 aromatic carbocycles. The fraction of sp³-hybridized carbons (Fsp3) is 0.316. The van der Waals surface area contributed by atoms with Crippen LogP contribution in [0.15, 0.2) is 48.5 Å². The number of rotatable bonds is 4. The summed E-state index contributed by atoms with van der Waals surface area (Å²) in [5.74, 6) is -0.259. The third-order valence-corrected chi connectivity index (χ3v) is 4.61. The maximum absolute atomic E-state index is 12.9. The first-order valence-corrected chi connectivity index (χ1v) is 8.84. The SMILES string of the molecule is CN1CCN(c2ccc(CNC(=S)Nc3ccc(F)cc3)cc2)CC1. The van der Waals surface area contributed by atoms with Crippen LogP contribution >= 0.6 is 12.2 Å². The molecule has 0 unspecified atom stereocenters. The Morgan fingerprint density at radius 1 is 1.00 bits per heavy atom. The molecule has 2 aromatic rings. The number of thiocarbonyl (C=S) groups is 1. The standard InChI is InChI=1S/C19H23FN4S/c1-23-10-12-24(13-11-23)18-8-2-15(3-9-18)14-21-19(25)22-17-6-4-16(20)5-7-17/h2-9H,10-14H2,1H3,(H2,21,22,25). The minimum Gasteiger partial charge on any atom is -0.369 e. The molecule has 0 spiro atoms. The topological polar surface area (TPSA) is 30.5 Å². The number of hydrogen-bond donors (Lipinski definition) is 2. The van der Waals surface area contributed by atoms with Crippen LogP contribution in [0, 0.1) is 5.82 Å². The maximum atomic E-state index is 12.9. The molecule has 0 aliphatic carbocycles. The van der Waals surface area contributed by atoms with Crippen LogP contribution in [0.1, 0.15) is 5.56 Å². The van der Waals surface area contributed by atoms with Crippen molar-refractivity contribution in [3.05, 3.63) is 59.9 Å². The largest absolute Gasteiger partial charge is 0.369 e. The van der Waals surface area contributed by atoms with Crippen molar-refractivity contribution < 1.29 is 4.39 Å². The Balaban J connectivity index is 1.48. The number of piperazine rings is 1. The van der Waals surface area contributed by atoms with Crippen molar-refractivity contribution in [1.29, 1.82) is 0 Å². The van der Waals surface area contributed by atoms with Gasteiger partial charge in [0.2, 0.25) is 0 Å². The summed E-state index contributed by atoms with van der Waals surface area (Å²) in [7, 11) is 2.16. The van der Waals surface area contributed by atoms with Crippen molar-refractivity contribution in [3.63, 3.8) is 0 Å². The summed E-state index contributed by atoms with van der Waals surface area (Å²) in [6.07, 6.45) is 0. The molecule has 3 rings (SSSR count). The van der Waals surface area contributed by atoms with Crippen LogP contribution in [0.4, 0.5) is 15.8 Å². The quantitative estimate of drug-likeness (QED) is 0.821. The van der Waals surface area contributed by atoms with Crippen molar-refractivity contribution in [2.45, 2.75) is 6.54 Å². The second-order valence-electron chi connectivity index (χ2n) is 6.27. The fourth-order valence-corrected chi connectivity index (χ4v) is 2.97. The first-order chi connectivity index (χ1) is 12.1. The highest BCUT2D eigenvalue weighted by Gasteiger charge is 2.13. The summed E-state index contributed by atoms with van der Waals surface area (Å²) in [6, 6.07) is 14.7. The van der Waals surface area contributed by atoms with E-state index >= 15 is 0 Å². The Bertz CT molecular complexity index is 694. The summed E-state index contributed by atoms with van der Waals surface area (Å²) in [5.41, 5.74) is 3.20. The van der Waals surface area contributed by atoms with Gasteiger partial charge in [0.05, 0.1) is 0 Å². The molecular formula is C19H23FN4S. The van der Waals surface area contributed by atoms with Gasteiger partial charge in [-0.3, -0.25) is 0 Å².